The maximum atomic E-state index is 6.12. The lowest BCUT2D eigenvalue weighted by molar-refractivity contribution is 0.584. The third-order valence-corrected chi connectivity index (χ3v) is 5.68. The number of hydrogen-bond acceptors (Lipinski definition) is 3. The Labute approximate surface area is 179 Å². The molecular formula is C27H19N3O. The molecule has 0 bridgehead atoms. The van der Waals surface area contributed by atoms with Crippen LogP contribution in [0.3, 0.4) is 0 Å². The number of aromatic nitrogens is 3. The Morgan fingerprint density at radius 1 is 0.613 bits per heavy atom. The van der Waals surface area contributed by atoms with E-state index in [1.54, 1.807) is 0 Å². The Hall–Kier alpha value is -4.18. The van der Waals surface area contributed by atoms with Gasteiger partial charge >= 0.3 is 0 Å². The molecule has 0 N–H and O–H groups in total. The lowest BCUT2D eigenvalue weighted by Gasteiger charge is -2.11. The molecule has 4 aromatic carbocycles. The van der Waals surface area contributed by atoms with Gasteiger partial charge in [-0.05, 0) is 43.3 Å². The van der Waals surface area contributed by atoms with Crippen LogP contribution in [0.25, 0.3) is 50.4 Å². The van der Waals surface area contributed by atoms with Gasteiger partial charge in [-0.1, -0.05) is 66.2 Å². The fourth-order valence-electron chi connectivity index (χ4n) is 4.18. The summed E-state index contributed by atoms with van der Waals surface area (Å²) in [5.74, 6) is 1.03. The summed E-state index contributed by atoms with van der Waals surface area (Å²) in [7, 11) is 0. The molecule has 148 valence electrons. The number of hydrogen-bond donors (Lipinski definition) is 0. The average molecular weight is 401 g/mol. The summed E-state index contributed by atoms with van der Waals surface area (Å²) in [6.07, 6.45) is 0. The van der Waals surface area contributed by atoms with Crippen molar-refractivity contribution in [2.24, 2.45) is 0 Å². The van der Waals surface area contributed by atoms with Crippen LogP contribution in [-0.4, -0.2) is 14.8 Å². The standard InChI is InChI=1S/C27H19N3O/c1-18-14-16-19(17-15-18)26-28-29-27(31-26)22-10-4-7-13-25(22)30-23-11-5-2-8-20(23)21-9-3-6-12-24(21)30/h2-17H,1H3. The Morgan fingerprint density at radius 3 is 1.90 bits per heavy atom. The van der Waals surface area contributed by atoms with Crippen molar-refractivity contribution in [2.45, 2.75) is 6.92 Å². The Kier molecular flexibility index (Phi) is 3.96. The molecule has 0 unspecified atom stereocenters. The summed E-state index contributed by atoms with van der Waals surface area (Å²) >= 11 is 0. The molecule has 0 radical (unpaired) electrons. The first-order chi connectivity index (χ1) is 15.3. The van der Waals surface area contributed by atoms with E-state index in [1.807, 2.05) is 42.5 Å². The molecule has 4 nitrogen and oxygen atoms in total. The predicted octanol–water partition coefficient (Wildman–Crippen LogP) is 6.81. The molecule has 0 saturated heterocycles. The number of aryl methyl sites for hydroxylation is 1. The second kappa shape index (κ2) is 6.96. The van der Waals surface area contributed by atoms with E-state index in [4.69, 9.17) is 4.42 Å². The monoisotopic (exact) mass is 401 g/mol. The fraction of sp³-hybridized carbons (Fsp3) is 0.0370. The molecule has 0 fully saturated rings. The van der Waals surface area contributed by atoms with Gasteiger partial charge in [0.1, 0.15) is 0 Å². The van der Waals surface area contributed by atoms with Gasteiger partial charge in [0.05, 0.1) is 22.3 Å². The van der Waals surface area contributed by atoms with Crippen molar-refractivity contribution < 1.29 is 4.42 Å². The van der Waals surface area contributed by atoms with Crippen molar-refractivity contribution in [1.29, 1.82) is 0 Å². The first kappa shape index (κ1) is 17.7. The maximum absolute atomic E-state index is 6.12. The minimum absolute atomic E-state index is 0.507. The molecule has 0 aliphatic heterocycles. The molecule has 4 heteroatoms. The topological polar surface area (TPSA) is 43.9 Å². The van der Waals surface area contributed by atoms with E-state index in [-0.39, 0.29) is 0 Å². The molecule has 6 aromatic rings. The van der Waals surface area contributed by atoms with E-state index < -0.39 is 0 Å². The third kappa shape index (κ3) is 2.84. The van der Waals surface area contributed by atoms with Crippen LogP contribution in [0.2, 0.25) is 0 Å². The average Bonchev–Trinajstić information content (AvgIpc) is 3.43. The van der Waals surface area contributed by atoms with Gasteiger partial charge < -0.3 is 8.98 Å². The molecule has 6 rings (SSSR count). The largest absolute Gasteiger partial charge is 0.416 e. The Balaban J connectivity index is 1.57. The lowest BCUT2D eigenvalue weighted by Crippen LogP contribution is -1.97. The van der Waals surface area contributed by atoms with Crippen LogP contribution >= 0.6 is 0 Å². The van der Waals surface area contributed by atoms with E-state index in [0.717, 1.165) is 27.8 Å². The van der Waals surface area contributed by atoms with Crippen molar-refractivity contribution in [3.63, 3.8) is 0 Å². The van der Waals surface area contributed by atoms with Crippen molar-refractivity contribution in [3.8, 4) is 28.6 Å². The molecule has 0 atom stereocenters. The number of para-hydroxylation sites is 3. The van der Waals surface area contributed by atoms with Gasteiger partial charge in [-0.25, -0.2) is 0 Å². The molecule has 2 heterocycles. The van der Waals surface area contributed by atoms with Crippen LogP contribution in [-0.2, 0) is 0 Å². The summed E-state index contributed by atoms with van der Waals surface area (Å²) in [5, 5.41) is 11.1. The first-order valence-electron chi connectivity index (χ1n) is 10.3. The zero-order valence-electron chi connectivity index (χ0n) is 17.0. The second-order valence-corrected chi connectivity index (χ2v) is 7.67. The molecule has 0 aliphatic rings. The van der Waals surface area contributed by atoms with Gasteiger partial charge in [0.2, 0.25) is 11.8 Å². The van der Waals surface area contributed by atoms with Crippen LogP contribution in [0.1, 0.15) is 5.56 Å². The van der Waals surface area contributed by atoms with E-state index in [0.29, 0.717) is 11.8 Å². The smallest absolute Gasteiger partial charge is 0.250 e. The zero-order valence-corrected chi connectivity index (χ0v) is 17.0. The first-order valence-corrected chi connectivity index (χ1v) is 10.3. The van der Waals surface area contributed by atoms with Gasteiger partial charge in [-0.3, -0.25) is 0 Å². The van der Waals surface area contributed by atoms with Crippen LogP contribution in [0.5, 0.6) is 0 Å². The molecule has 0 saturated carbocycles. The Bertz CT molecular complexity index is 1490. The molecule has 0 amide bonds. The van der Waals surface area contributed by atoms with Crippen LogP contribution in [0, 0.1) is 6.92 Å². The van der Waals surface area contributed by atoms with Gasteiger partial charge in [-0.15, -0.1) is 10.2 Å². The van der Waals surface area contributed by atoms with E-state index in [9.17, 15) is 0 Å². The van der Waals surface area contributed by atoms with Gasteiger partial charge in [-0.2, -0.15) is 0 Å². The highest BCUT2D eigenvalue weighted by Crippen LogP contribution is 2.36. The Morgan fingerprint density at radius 2 is 1.19 bits per heavy atom. The van der Waals surface area contributed by atoms with Crippen molar-refractivity contribution in [1.82, 2.24) is 14.8 Å². The number of fused-ring (bicyclic) bond motifs is 3. The zero-order chi connectivity index (χ0) is 20.8. The van der Waals surface area contributed by atoms with Gasteiger partial charge in [0, 0.05) is 16.3 Å². The molecular weight excluding hydrogens is 382 g/mol. The fourth-order valence-corrected chi connectivity index (χ4v) is 4.18. The van der Waals surface area contributed by atoms with Gasteiger partial charge in [0.15, 0.2) is 0 Å². The molecule has 0 aliphatic carbocycles. The molecule has 31 heavy (non-hydrogen) atoms. The number of rotatable bonds is 3. The molecule has 2 aromatic heterocycles. The van der Waals surface area contributed by atoms with Crippen molar-refractivity contribution in [2.75, 3.05) is 0 Å². The number of nitrogens with zero attached hydrogens (tertiary/aromatic N) is 3. The summed E-state index contributed by atoms with van der Waals surface area (Å²) < 4.78 is 8.40. The lowest BCUT2D eigenvalue weighted by atomic mass is 10.1. The van der Waals surface area contributed by atoms with Crippen molar-refractivity contribution in [3.05, 3.63) is 103 Å². The van der Waals surface area contributed by atoms with Crippen molar-refractivity contribution >= 4 is 21.8 Å². The van der Waals surface area contributed by atoms with Crippen LogP contribution in [0.15, 0.2) is 101 Å². The minimum atomic E-state index is 0.507. The van der Waals surface area contributed by atoms with E-state index in [2.05, 4.69) is 76.3 Å². The SMILES string of the molecule is Cc1ccc(-c2nnc(-c3ccccc3-n3c4ccccc4c4ccccc43)o2)cc1. The van der Waals surface area contributed by atoms with Crippen LogP contribution in [0.4, 0.5) is 0 Å². The highest BCUT2D eigenvalue weighted by atomic mass is 16.4. The highest BCUT2D eigenvalue weighted by molar-refractivity contribution is 6.09. The van der Waals surface area contributed by atoms with E-state index in [1.165, 1.54) is 16.3 Å². The maximum Gasteiger partial charge on any atom is 0.250 e. The molecule has 0 spiro atoms. The summed E-state index contributed by atoms with van der Waals surface area (Å²) in [6.45, 7) is 2.06. The predicted molar refractivity (Wildman–Crippen MR) is 124 cm³/mol. The van der Waals surface area contributed by atoms with Crippen LogP contribution < -0.4 is 0 Å². The quantitative estimate of drug-likeness (QED) is 0.327. The highest BCUT2D eigenvalue weighted by Gasteiger charge is 2.18. The van der Waals surface area contributed by atoms with E-state index >= 15 is 0 Å². The normalized spacial score (nSPS) is 11.4. The summed E-state index contributed by atoms with van der Waals surface area (Å²) in [4.78, 5) is 0. The second-order valence-electron chi connectivity index (χ2n) is 7.67. The summed E-state index contributed by atoms with van der Waals surface area (Å²) in [5.41, 5.74) is 6.32. The number of benzene rings is 4. The summed E-state index contributed by atoms with van der Waals surface area (Å²) in [6, 6.07) is 33.2. The third-order valence-electron chi connectivity index (χ3n) is 5.68. The van der Waals surface area contributed by atoms with Gasteiger partial charge in [0.25, 0.3) is 0 Å². The minimum Gasteiger partial charge on any atom is -0.416 e.